The summed E-state index contributed by atoms with van der Waals surface area (Å²) in [5.74, 6) is 0.824. The average Bonchev–Trinajstić information content (AvgIpc) is 3.28. The number of anilines is 1. The Morgan fingerprint density at radius 1 is 1.15 bits per heavy atom. The number of fused-ring (bicyclic) bond motifs is 2. The summed E-state index contributed by atoms with van der Waals surface area (Å²) in [5, 5.41) is 9.51. The molecule has 0 aliphatic carbocycles. The highest BCUT2D eigenvalue weighted by Gasteiger charge is 2.21. The van der Waals surface area contributed by atoms with Crippen LogP contribution in [0.5, 0.6) is 0 Å². The number of nitrogens with zero attached hydrogens (tertiary/aromatic N) is 7. The summed E-state index contributed by atoms with van der Waals surface area (Å²) in [5.41, 5.74) is 9.28. The maximum atomic E-state index is 6.01. The first-order chi connectivity index (χ1) is 12.8. The van der Waals surface area contributed by atoms with Gasteiger partial charge >= 0.3 is 0 Å². The largest absolute Gasteiger partial charge is 0.354 e. The van der Waals surface area contributed by atoms with Gasteiger partial charge in [-0.25, -0.2) is 14.6 Å². The number of hydrogen-bond donors (Lipinski definition) is 1. The van der Waals surface area contributed by atoms with Crippen LogP contribution in [0.25, 0.3) is 22.2 Å². The van der Waals surface area contributed by atoms with Crippen LogP contribution in [0.4, 0.5) is 5.82 Å². The molecule has 2 N–H and O–H groups in total. The second kappa shape index (κ2) is 5.99. The molecule has 0 spiro atoms. The predicted octanol–water partition coefficient (Wildman–Crippen LogP) is 1.36. The molecule has 0 saturated carbocycles. The Morgan fingerprint density at radius 2 is 2.08 bits per heavy atom. The molecule has 0 bridgehead atoms. The monoisotopic (exact) mass is 346 g/mol. The van der Waals surface area contributed by atoms with Gasteiger partial charge in [0.2, 0.25) is 5.65 Å². The summed E-state index contributed by atoms with van der Waals surface area (Å²) in [4.78, 5) is 15.8. The summed E-state index contributed by atoms with van der Waals surface area (Å²) in [6.45, 7) is 2.24. The number of nitrogens with two attached hydrogens (primary N) is 1. The van der Waals surface area contributed by atoms with Gasteiger partial charge in [0.1, 0.15) is 5.82 Å². The third-order valence-electron chi connectivity index (χ3n) is 4.80. The van der Waals surface area contributed by atoms with Gasteiger partial charge in [-0.05, 0) is 18.1 Å². The molecule has 1 aliphatic heterocycles. The molecule has 1 aromatic carbocycles. The number of rotatable bonds is 3. The van der Waals surface area contributed by atoms with Gasteiger partial charge in [-0.15, -0.1) is 5.10 Å². The highest BCUT2D eigenvalue weighted by molar-refractivity contribution is 5.81. The van der Waals surface area contributed by atoms with Crippen molar-refractivity contribution >= 4 is 28.0 Å². The molecule has 0 radical (unpaired) electrons. The molecule has 8 heteroatoms. The van der Waals surface area contributed by atoms with E-state index < -0.39 is 0 Å². The number of pyridine rings is 1. The predicted molar refractivity (Wildman–Crippen MR) is 98.8 cm³/mol. The molecular weight excluding hydrogens is 328 g/mol. The Bertz CT molecular complexity index is 1080. The van der Waals surface area contributed by atoms with Crippen molar-refractivity contribution in [3.63, 3.8) is 0 Å². The van der Waals surface area contributed by atoms with Crippen molar-refractivity contribution in [1.29, 1.82) is 0 Å². The molecule has 5 rings (SSSR count). The third kappa shape index (κ3) is 2.55. The van der Waals surface area contributed by atoms with E-state index in [4.69, 9.17) is 10.7 Å². The lowest BCUT2D eigenvalue weighted by Crippen LogP contribution is -2.27. The summed E-state index contributed by atoms with van der Waals surface area (Å²) in [6.07, 6.45) is 4.53. The van der Waals surface area contributed by atoms with Crippen LogP contribution < -0.4 is 10.6 Å². The minimum absolute atomic E-state index is 0.192. The fourth-order valence-corrected chi connectivity index (χ4v) is 3.46. The second-order valence-electron chi connectivity index (χ2n) is 6.61. The molecule has 8 nitrogen and oxygen atoms in total. The zero-order chi connectivity index (χ0) is 17.5. The molecule has 4 heterocycles. The van der Waals surface area contributed by atoms with Crippen molar-refractivity contribution in [2.45, 2.75) is 19.0 Å². The lowest BCUT2D eigenvalue weighted by molar-refractivity contribution is 0.665. The standard InChI is InChI=1S/C18H18N8/c19-14-6-8-25(11-14)15-9-21-17-18(22-15)26(24-23-17)10-13-4-1-3-12-5-2-7-20-16(12)13/h1-5,7,9,14H,6,8,10-11,19H2/t14-/m1/s1. The molecular formula is C18H18N8. The van der Waals surface area contributed by atoms with E-state index in [1.807, 2.05) is 12.1 Å². The molecule has 1 saturated heterocycles. The Labute approximate surface area is 149 Å². The normalized spacial score (nSPS) is 17.4. The van der Waals surface area contributed by atoms with E-state index in [1.54, 1.807) is 17.1 Å². The summed E-state index contributed by atoms with van der Waals surface area (Å²) in [6, 6.07) is 10.3. The average molecular weight is 346 g/mol. The number of aromatic nitrogens is 6. The van der Waals surface area contributed by atoms with Crippen LogP contribution in [0.3, 0.4) is 0 Å². The number of benzene rings is 1. The first kappa shape index (κ1) is 15.2. The van der Waals surface area contributed by atoms with Gasteiger partial charge in [0.05, 0.1) is 18.3 Å². The maximum Gasteiger partial charge on any atom is 0.221 e. The van der Waals surface area contributed by atoms with Crippen LogP contribution >= 0.6 is 0 Å². The highest BCUT2D eigenvalue weighted by atomic mass is 15.5. The Morgan fingerprint density at radius 3 is 2.96 bits per heavy atom. The number of para-hydroxylation sites is 1. The molecule has 1 atom stereocenters. The van der Waals surface area contributed by atoms with Gasteiger partial charge in [-0.2, -0.15) is 0 Å². The molecule has 1 aliphatic rings. The van der Waals surface area contributed by atoms with E-state index in [0.29, 0.717) is 17.8 Å². The van der Waals surface area contributed by atoms with Crippen molar-refractivity contribution in [2.24, 2.45) is 5.73 Å². The smallest absolute Gasteiger partial charge is 0.221 e. The molecule has 3 aromatic heterocycles. The van der Waals surface area contributed by atoms with Crippen molar-refractivity contribution < 1.29 is 0 Å². The molecule has 0 amide bonds. The van der Waals surface area contributed by atoms with Gasteiger partial charge in [0.25, 0.3) is 0 Å². The lowest BCUT2D eigenvalue weighted by Gasteiger charge is -2.16. The van der Waals surface area contributed by atoms with Crippen LogP contribution in [0.1, 0.15) is 12.0 Å². The van der Waals surface area contributed by atoms with Gasteiger partial charge in [-0.1, -0.05) is 29.5 Å². The Balaban J connectivity index is 1.54. The van der Waals surface area contributed by atoms with Crippen LogP contribution in [0, 0.1) is 0 Å². The van der Waals surface area contributed by atoms with Crippen LogP contribution in [0.2, 0.25) is 0 Å². The van der Waals surface area contributed by atoms with Crippen molar-refractivity contribution in [3.05, 3.63) is 48.3 Å². The second-order valence-corrected chi connectivity index (χ2v) is 6.61. The topological polar surface area (TPSA) is 98.6 Å². The van der Waals surface area contributed by atoms with E-state index in [1.165, 1.54) is 0 Å². The van der Waals surface area contributed by atoms with E-state index in [0.717, 1.165) is 41.8 Å². The quantitative estimate of drug-likeness (QED) is 0.598. The van der Waals surface area contributed by atoms with Gasteiger partial charge < -0.3 is 10.6 Å². The first-order valence-electron chi connectivity index (χ1n) is 8.67. The maximum absolute atomic E-state index is 6.01. The molecule has 0 unspecified atom stereocenters. The van der Waals surface area contributed by atoms with E-state index in [2.05, 4.69) is 43.4 Å². The lowest BCUT2D eigenvalue weighted by atomic mass is 10.1. The highest BCUT2D eigenvalue weighted by Crippen LogP contribution is 2.21. The first-order valence-corrected chi connectivity index (χ1v) is 8.67. The molecule has 26 heavy (non-hydrogen) atoms. The van der Waals surface area contributed by atoms with Crippen LogP contribution in [-0.2, 0) is 6.54 Å². The zero-order valence-corrected chi connectivity index (χ0v) is 14.2. The SMILES string of the molecule is N[C@@H]1CCN(c2cnc3nnn(Cc4cccc5cccnc45)c3n2)C1. The minimum atomic E-state index is 0.192. The van der Waals surface area contributed by atoms with Crippen molar-refractivity contribution in [2.75, 3.05) is 18.0 Å². The zero-order valence-electron chi connectivity index (χ0n) is 14.2. The van der Waals surface area contributed by atoms with E-state index in [9.17, 15) is 0 Å². The van der Waals surface area contributed by atoms with Crippen LogP contribution in [-0.4, -0.2) is 49.1 Å². The molecule has 1 fully saturated rings. The minimum Gasteiger partial charge on any atom is -0.354 e. The van der Waals surface area contributed by atoms with Crippen molar-refractivity contribution in [1.82, 2.24) is 29.9 Å². The summed E-state index contributed by atoms with van der Waals surface area (Å²) < 4.78 is 1.78. The van der Waals surface area contributed by atoms with Gasteiger partial charge in [0.15, 0.2) is 5.65 Å². The van der Waals surface area contributed by atoms with Crippen molar-refractivity contribution in [3.8, 4) is 0 Å². The fourth-order valence-electron chi connectivity index (χ4n) is 3.46. The fraction of sp³-hybridized carbons (Fsp3) is 0.278. The summed E-state index contributed by atoms with van der Waals surface area (Å²) >= 11 is 0. The van der Waals surface area contributed by atoms with E-state index in [-0.39, 0.29) is 6.04 Å². The van der Waals surface area contributed by atoms with Gasteiger partial charge in [-0.3, -0.25) is 4.98 Å². The van der Waals surface area contributed by atoms with Crippen LogP contribution in [0.15, 0.2) is 42.7 Å². The Hall–Kier alpha value is -3.13. The number of hydrogen-bond acceptors (Lipinski definition) is 7. The molecule has 4 aromatic rings. The van der Waals surface area contributed by atoms with E-state index >= 15 is 0 Å². The summed E-state index contributed by atoms with van der Waals surface area (Å²) in [7, 11) is 0. The van der Waals surface area contributed by atoms with Gasteiger partial charge in [0, 0.05) is 30.7 Å². The Kier molecular flexibility index (Phi) is 3.49. The molecule has 130 valence electrons. The third-order valence-corrected chi connectivity index (χ3v) is 4.80.